The van der Waals surface area contributed by atoms with Gasteiger partial charge in [-0.2, -0.15) is 13.2 Å². The van der Waals surface area contributed by atoms with Gasteiger partial charge in [0.2, 0.25) is 5.91 Å². The minimum atomic E-state index is -4.44. The highest BCUT2D eigenvalue weighted by Gasteiger charge is 2.33. The highest BCUT2D eigenvalue weighted by molar-refractivity contribution is 5.80. The van der Waals surface area contributed by atoms with Crippen LogP contribution in [-0.2, 0) is 22.2 Å². The highest BCUT2D eigenvalue weighted by atomic mass is 19.4. The van der Waals surface area contributed by atoms with E-state index in [9.17, 15) is 22.8 Å². The van der Waals surface area contributed by atoms with Crippen LogP contribution < -0.4 is 5.32 Å². The van der Waals surface area contributed by atoms with Gasteiger partial charge in [-0.15, -0.1) is 0 Å². The van der Waals surface area contributed by atoms with E-state index in [0.29, 0.717) is 0 Å². The van der Waals surface area contributed by atoms with E-state index in [1.165, 1.54) is 18.2 Å². The molecule has 0 aliphatic carbocycles. The lowest BCUT2D eigenvalue weighted by Gasteiger charge is -2.17. The van der Waals surface area contributed by atoms with Gasteiger partial charge in [-0.05, 0) is 25.0 Å². The van der Waals surface area contributed by atoms with Gasteiger partial charge in [-0.25, -0.2) is 0 Å². The molecule has 4 nitrogen and oxygen atoms in total. The summed E-state index contributed by atoms with van der Waals surface area (Å²) < 4.78 is 38.5. The molecule has 0 aromatic heterocycles. The van der Waals surface area contributed by atoms with Gasteiger partial charge in [-0.3, -0.25) is 9.59 Å². The van der Waals surface area contributed by atoms with E-state index in [-0.39, 0.29) is 24.8 Å². The van der Waals surface area contributed by atoms with Crippen LogP contribution in [0.3, 0.4) is 0 Å². The Balaban J connectivity index is 2.65. The van der Waals surface area contributed by atoms with Crippen LogP contribution in [0, 0.1) is 0 Å². The molecule has 1 rings (SSSR count). The maximum Gasteiger partial charge on any atom is 0.416 e. The molecule has 0 heterocycles. The summed E-state index contributed by atoms with van der Waals surface area (Å²) in [5.74, 6) is -1.59. The first-order chi connectivity index (χ1) is 9.70. The number of carbonyl (C=O) groups excluding carboxylic acids is 1. The molecule has 1 atom stereocenters. The quantitative estimate of drug-likeness (QED) is 0.849. The molecular weight excluding hydrogens is 287 g/mol. The number of amides is 1. The second-order valence-corrected chi connectivity index (χ2v) is 4.72. The van der Waals surface area contributed by atoms with Crippen molar-refractivity contribution in [1.29, 1.82) is 0 Å². The largest absolute Gasteiger partial charge is 0.481 e. The molecule has 116 valence electrons. The summed E-state index contributed by atoms with van der Waals surface area (Å²) in [7, 11) is 0. The zero-order valence-electron chi connectivity index (χ0n) is 11.4. The van der Waals surface area contributed by atoms with Gasteiger partial charge in [0.15, 0.2) is 0 Å². The number of carbonyl (C=O) groups is 2. The topological polar surface area (TPSA) is 66.4 Å². The Kier molecular flexibility index (Phi) is 5.75. The molecule has 0 saturated carbocycles. The number of alkyl halides is 3. The van der Waals surface area contributed by atoms with Crippen LogP contribution in [-0.4, -0.2) is 23.0 Å². The molecule has 7 heteroatoms. The summed E-state index contributed by atoms with van der Waals surface area (Å²) in [6.07, 6.45) is -4.92. The van der Waals surface area contributed by atoms with Crippen molar-refractivity contribution in [3.63, 3.8) is 0 Å². The summed E-state index contributed by atoms with van der Waals surface area (Å²) in [5.41, 5.74) is -0.632. The molecule has 1 amide bonds. The fraction of sp³-hybridized carbons (Fsp3) is 0.429. The Morgan fingerprint density at radius 2 is 1.86 bits per heavy atom. The van der Waals surface area contributed by atoms with Gasteiger partial charge in [-0.1, -0.05) is 18.2 Å². The monoisotopic (exact) mass is 303 g/mol. The Labute approximate surface area is 120 Å². The number of nitrogens with one attached hydrogen (secondary N) is 1. The van der Waals surface area contributed by atoms with E-state index in [2.05, 4.69) is 5.32 Å². The molecule has 0 fully saturated rings. The minimum Gasteiger partial charge on any atom is -0.481 e. The number of rotatable bonds is 6. The maximum absolute atomic E-state index is 12.8. The number of carboxylic acids is 1. The normalized spacial score (nSPS) is 12.8. The number of hydrogen-bond acceptors (Lipinski definition) is 2. The van der Waals surface area contributed by atoms with Crippen LogP contribution in [0.5, 0.6) is 0 Å². The molecule has 0 saturated heterocycles. The molecular formula is C14H16F3NO3. The predicted octanol–water partition coefficient (Wildman–Crippen LogP) is 2.62. The SMILES string of the molecule is CC(Cc1ccccc1C(F)(F)F)NC(=O)CCC(=O)O. The van der Waals surface area contributed by atoms with E-state index < -0.39 is 29.7 Å². The average Bonchev–Trinajstić information content (AvgIpc) is 2.35. The Bertz CT molecular complexity index is 514. The van der Waals surface area contributed by atoms with Gasteiger partial charge >= 0.3 is 12.1 Å². The molecule has 1 aromatic carbocycles. The first kappa shape index (κ1) is 17.0. The molecule has 2 N–H and O–H groups in total. The van der Waals surface area contributed by atoms with Crippen LogP contribution in [0.1, 0.15) is 30.9 Å². The number of carboxylic acid groups (broad SMARTS) is 1. The number of aliphatic carboxylic acids is 1. The third-order valence-corrected chi connectivity index (χ3v) is 2.82. The van der Waals surface area contributed by atoms with Crippen molar-refractivity contribution in [2.24, 2.45) is 0 Å². The average molecular weight is 303 g/mol. The van der Waals surface area contributed by atoms with Gasteiger partial charge < -0.3 is 10.4 Å². The highest BCUT2D eigenvalue weighted by Crippen LogP contribution is 2.32. The number of halogens is 3. The maximum atomic E-state index is 12.8. The molecule has 0 bridgehead atoms. The molecule has 1 aromatic rings. The zero-order valence-corrected chi connectivity index (χ0v) is 11.4. The summed E-state index contributed by atoms with van der Waals surface area (Å²) in [4.78, 5) is 21.8. The van der Waals surface area contributed by atoms with E-state index >= 15 is 0 Å². The third-order valence-electron chi connectivity index (χ3n) is 2.82. The van der Waals surface area contributed by atoms with Crippen LogP contribution in [0.2, 0.25) is 0 Å². The van der Waals surface area contributed by atoms with E-state index in [1.807, 2.05) is 0 Å². The molecule has 21 heavy (non-hydrogen) atoms. The molecule has 0 aliphatic rings. The van der Waals surface area contributed by atoms with Crippen LogP contribution in [0.4, 0.5) is 13.2 Å². The number of hydrogen-bond donors (Lipinski definition) is 2. The predicted molar refractivity (Wildman–Crippen MR) is 69.6 cm³/mol. The second kappa shape index (κ2) is 7.10. The standard InChI is InChI=1S/C14H16F3NO3/c1-9(18-12(19)6-7-13(20)21)8-10-4-2-3-5-11(10)14(15,16)17/h2-5,9H,6-8H2,1H3,(H,18,19)(H,20,21). The van der Waals surface area contributed by atoms with Crippen molar-refractivity contribution >= 4 is 11.9 Å². The van der Waals surface area contributed by atoms with Crippen molar-refractivity contribution in [3.8, 4) is 0 Å². The lowest BCUT2D eigenvalue weighted by molar-refractivity contribution is -0.139. The molecule has 1 unspecified atom stereocenters. The van der Waals surface area contributed by atoms with Crippen molar-refractivity contribution in [2.45, 2.75) is 38.4 Å². The lowest BCUT2D eigenvalue weighted by atomic mass is 10.0. The smallest absolute Gasteiger partial charge is 0.416 e. The van der Waals surface area contributed by atoms with Gasteiger partial charge in [0.25, 0.3) is 0 Å². The summed E-state index contributed by atoms with van der Waals surface area (Å²) >= 11 is 0. The second-order valence-electron chi connectivity index (χ2n) is 4.72. The molecule has 0 aliphatic heterocycles. The Morgan fingerprint density at radius 1 is 1.24 bits per heavy atom. The summed E-state index contributed by atoms with van der Waals surface area (Å²) in [5, 5.41) is 10.9. The third kappa shape index (κ3) is 5.85. The first-order valence-corrected chi connectivity index (χ1v) is 6.36. The van der Waals surface area contributed by atoms with E-state index in [4.69, 9.17) is 5.11 Å². The Hall–Kier alpha value is -2.05. The van der Waals surface area contributed by atoms with Gasteiger partial charge in [0.05, 0.1) is 12.0 Å². The van der Waals surface area contributed by atoms with Crippen molar-refractivity contribution < 1.29 is 27.9 Å². The molecule has 0 spiro atoms. The minimum absolute atomic E-state index is 0.0223. The summed E-state index contributed by atoms with van der Waals surface area (Å²) in [6, 6.07) is 4.65. The first-order valence-electron chi connectivity index (χ1n) is 6.36. The van der Waals surface area contributed by atoms with Gasteiger partial charge in [0.1, 0.15) is 0 Å². The van der Waals surface area contributed by atoms with E-state index in [1.54, 1.807) is 6.92 Å². The van der Waals surface area contributed by atoms with Crippen LogP contribution in [0.15, 0.2) is 24.3 Å². The zero-order chi connectivity index (χ0) is 16.0. The van der Waals surface area contributed by atoms with Crippen molar-refractivity contribution in [2.75, 3.05) is 0 Å². The van der Waals surface area contributed by atoms with Gasteiger partial charge in [0, 0.05) is 12.5 Å². The van der Waals surface area contributed by atoms with Crippen molar-refractivity contribution in [1.82, 2.24) is 5.32 Å². The summed E-state index contributed by atoms with van der Waals surface area (Å²) in [6.45, 7) is 1.58. The van der Waals surface area contributed by atoms with Crippen molar-refractivity contribution in [3.05, 3.63) is 35.4 Å². The fourth-order valence-electron chi connectivity index (χ4n) is 1.92. The lowest BCUT2D eigenvalue weighted by Crippen LogP contribution is -2.34. The Morgan fingerprint density at radius 3 is 2.43 bits per heavy atom. The molecule has 0 radical (unpaired) electrons. The van der Waals surface area contributed by atoms with Crippen LogP contribution in [0.25, 0.3) is 0 Å². The number of benzene rings is 1. The fourth-order valence-corrected chi connectivity index (χ4v) is 1.92. The van der Waals surface area contributed by atoms with E-state index in [0.717, 1.165) is 6.07 Å². The van der Waals surface area contributed by atoms with Crippen LogP contribution >= 0.6 is 0 Å².